The van der Waals surface area contributed by atoms with Gasteiger partial charge in [0, 0.05) is 29.9 Å². The van der Waals surface area contributed by atoms with Crippen LogP contribution in [0.25, 0.3) is 0 Å². The second-order valence-electron chi connectivity index (χ2n) is 7.18. The van der Waals surface area contributed by atoms with Gasteiger partial charge in [-0.25, -0.2) is 9.98 Å². The molecule has 0 aliphatic carbocycles. The van der Waals surface area contributed by atoms with E-state index in [-0.39, 0.29) is 29.1 Å². The summed E-state index contributed by atoms with van der Waals surface area (Å²) in [6.45, 7) is 1.42. The monoisotopic (exact) mass is 403 g/mol. The normalized spacial score (nSPS) is 18.4. The van der Waals surface area contributed by atoms with Crippen molar-refractivity contribution in [2.24, 2.45) is 4.99 Å². The fourth-order valence-electron chi connectivity index (χ4n) is 3.92. The summed E-state index contributed by atoms with van der Waals surface area (Å²) in [5.74, 6) is 0.581. The van der Waals surface area contributed by atoms with E-state index in [1.54, 1.807) is 0 Å². The number of para-hydroxylation sites is 1. The molecule has 152 valence electrons. The summed E-state index contributed by atoms with van der Waals surface area (Å²) in [5, 5.41) is 33.9. The van der Waals surface area contributed by atoms with E-state index in [1.165, 1.54) is 0 Å². The summed E-state index contributed by atoms with van der Waals surface area (Å²) < 4.78 is 0. The van der Waals surface area contributed by atoms with E-state index in [9.17, 15) is 10.4 Å². The maximum atomic E-state index is 9.87. The number of hydrogen-bond acceptors (Lipinski definition) is 10. The first-order chi connectivity index (χ1) is 14.5. The molecule has 7 N–H and O–H groups in total. The Bertz CT molecular complexity index is 1090. The number of nitriles is 2. The van der Waals surface area contributed by atoms with Crippen LogP contribution in [0.15, 0.2) is 29.3 Å². The summed E-state index contributed by atoms with van der Waals surface area (Å²) in [7, 11) is 0. The number of guanidine groups is 1. The highest BCUT2D eigenvalue weighted by Crippen LogP contribution is 2.43. The van der Waals surface area contributed by atoms with Crippen LogP contribution in [0.2, 0.25) is 0 Å². The van der Waals surface area contributed by atoms with Crippen LogP contribution in [0.3, 0.4) is 0 Å². The van der Waals surface area contributed by atoms with Crippen LogP contribution < -0.4 is 27.0 Å². The predicted octanol–water partition coefficient (Wildman–Crippen LogP) is 1.02. The number of aromatic nitrogens is 1. The van der Waals surface area contributed by atoms with Gasteiger partial charge in [-0.05, 0) is 18.9 Å². The summed E-state index contributed by atoms with van der Waals surface area (Å²) >= 11 is 0. The molecule has 0 amide bonds. The number of pyridine rings is 1. The zero-order valence-corrected chi connectivity index (χ0v) is 16.1. The molecule has 4 rings (SSSR count). The maximum absolute atomic E-state index is 9.87. The molecule has 3 heterocycles. The van der Waals surface area contributed by atoms with Gasteiger partial charge in [0.15, 0.2) is 6.19 Å². The maximum Gasteiger partial charge on any atom is 0.211 e. The first kappa shape index (κ1) is 19.3. The molecule has 2 aliphatic rings. The van der Waals surface area contributed by atoms with E-state index in [1.807, 2.05) is 36.5 Å². The number of nitrogens with two attached hydrogens (primary N) is 2. The van der Waals surface area contributed by atoms with E-state index in [2.05, 4.69) is 25.5 Å². The molecule has 1 fully saturated rings. The molecule has 10 nitrogen and oxygen atoms in total. The number of nitrogens with zero attached hydrogens (tertiary/aromatic N) is 5. The molecule has 0 spiro atoms. The number of nitrogens with one attached hydrogen (secondary N) is 2. The smallest absolute Gasteiger partial charge is 0.211 e. The Morgan fingerprint density at radius 3 is 2.63 bits per heavy atom. The first-order valence-electron chi connectivity index (χ1n) is 9.54. The number of hydrogen-bond donors (Lipinski definition) is 5. The molecule has 1 saturated heterocycles. The van der Waals surface area contributed by atoms with Crippen molar-refractivity contribution >= 4 is 29.0 Å². The number of rotatable bonds is 2. The number of aliphatic hydroxyl groups is 1. The van der Waals surface area contributed by atoms with Gasteiger partial charge in [0.1, 0.15) is 29.3 Å². The number of benzene rings is 1. The Kier molecular flexibility index (Phi) is 5.00. The van der Waals surface area contributed by atoms with Gasteiger partial charge in [0.25, 0.3) is 0 Å². The van der Waals surface area contributed by atoms with Gasteiger partial charge in [-0.1, -0.05) is 18.2 Å². The fourth-order valence-corrected chi connectivity index (χ4v) is 3.92. The molecule has 1 unspecified atom stereocenters. The lowest BCUT2D eigenvalue weighted by atomic mass is 9.93. The summed E-state index contributed by atoms with van der Waals surface area (Å²) in [6.07, 6.45) is 2.92. The SMILES string of the molecule is N#CNC1=NC(c2ccccc2N2CCC(O)CC2)c2c(nc(N)c(C#N)c2N)N1. The van der Waals surface area contributed by atoms with Crippen molar-refractivity contribution in [2.75, 3.05) is 34.8 Å². The third kappa shape index (κ3) is 3.30. The van der Waals surface area contributed by atoms with Gasteiger partial charge >= 0.3 is 0 Å². The van der Waals surface area contributed by atoms with Crippen molar-refractivity contribution in [3.8, 4) is 12.3 Å². The Labute approximate surface area is 173 Å². The molecule has 10 heteroatoms. The second-order valence-corrected chi connectivity index (χ2v) is 7.18. The minimum Gasteiger partial charge on any atom is -0.397 e. The van der Waals surface area contributed by atoms with Crippen molar-refractivity contribution in [1.29, 1.82) is 10.5 Å². The van der Waals surface area contributed by atoms with Gasteiger partial charge in [-0.2, -0.15) is 10.5 Å². The number of aliphatic hydroxyl groups excluding tert-OH is 1. The van der Waals surface area contributed by atoms with Gasteiger partial charge in [-0.15, -0.1) is 0 Å². The summed E-state index contributed by atoms with van der Waals surface area (Å²) in [5.41, 5.74) is 14.9. The van der Waals surface area contributed by atoms with Crippen LogP contribution in [-0.2, 0) is 0 Å². The third-order valence-corrected chi connectivity index (χ3v) is 5.39. The van der Waals surface area contributed by atoms with E-state index in [0.29, 0.717) is 37.3 Å². The van der Waals surface area contributed by atoms with Crippen molar-refractivity contribution in [3.63, 3.8) is 0 Å². The quantitative estimate of drug-likeness (QED) is 0.362. The molecule has 1 aromatic carbocycles. The highest BCUT2D eigenvalue weighted by atomic mass is 16.3. The fraction of sp³-hybridized carbons (Fsp3) is 0.300. The largest absolute Gasteiger partial charge is 0.397 e. The second kappa shape index (κ2) is 7.78. The zero-order chi connectivity index (χ0) is 21.3. The number of aliphatic imine (C=N–C) groups is 1. The molecule has 2 aliphatic heterocycles. The number of nitrogen functional groups attached to an aromatic ring is 2. The van der Waals surface area contributed by atoms with Crippen molar-refractivity contribution < 1.29 is 5.11 Å². The lowest BCUT2D eigenvalue weighted by Crippen LogP contribution is -2.37. The molecule has 0 bridgehead atoms. The number of fused-ring (bicyclic) bond motifs is 1. The van der Waals surface area contributed by atoms with Crippen LogP contribution in [0.4, 0.5) is 23.0 Å². The molecule has 30 heavy (non-hydrogen) atoms. The van der Waals surface area contributed by atoms with E-state index >= 15 is 0 Å². The molecular formula is C20H21N9O. The lowest BCUT2D eigenvalue weighted by Gasteiger charge is -2.35. The first-order valence-corrected chi connectivity index (χ1v) is 9.54. The van der Waals surface area contributed by atoms with E-state index in [0.717, 1.165) is 11.3 Å². The Morgan fingerprint density at radius 2 is 1.93 bits per heavy atom. The molecule has 1 aromatic heterocycles. The zero-order valence-electron chi connectivity index (χ0n) is 16.1. The topological polar surface area (TPSA) is 172 Å². The van der Waals surface area contributed by atoms with Crippen LogP contribution in [0.5, 0.6) is 0 Å². The van der Waals surface area contributed by atoms with E-state index in [4.69, 9.17) is 16.7 Å². The van der Waals surface area contributed by atoms with Gasteiger partial charge in [-0.3, -0.25) is 5.32 Å². The lowest BCUT2D eigenvalue weighted by molar-refractivity contribution is 0.145. The van der Waals surface area contributed by atoms with Crippen molar-refractivity contribution in [1.82, 2.24) is 10.3 Å². The molecule has 1 atom stereocenters. The molecule has 0 radical (unpaired) electrons. The van der Waals surface area contributed by atoms with Crippen LogP contribution in [-0.4, -0.2) is 35.2 Å². The van der Waals surface area contributed by atoms with Crippen LogP contribution in [0, 0.1) is 22.8 Å². The number of anilines is 4. The Balaban J connectivity index is 1.87. The van der Waals surface area contributed by atoms with E-state index < -0.39 is 6.04 Å². The standard InChI is InChI=1S/C20H21N9O/c21-9-13-16(23)15-17(26-20(25-10-22)28-19(15)27-18(13)24)12-3-1-2-4-14(12)29-7-5-11(30)6-8-29/h1-4,11,17,30H,5-8H2,(H6,23,24,25,26,27,28). The number of piperidine rings is 1. The summed E-state index contributed by atoms with van der Waals surface area (Å²) in [6, 6.07) is 9.19. The van der Waals surface area contributed by atoms with Crippen molar-refractivity contribution in [3.05, 3.63) is 41.0 Å². The average molecular weight is 403 g/mol. The average Bonchev–Trinajstić information content (AvgIpc) is 2.74. The Morgan fingerprint density at radius 1 is 1.20 bits per heavy atom. The van der Waals surface area contributed by atoms with Gasteiger partial charge in [0.2, 0.25) is 5.96 Å². The highest BCUT2D eigenvalue weighted by molar-refractivity contribution is 5.98. The minimum absolute atomic E-state index is 0.0107. The minimum atomic E-state index is -0.597. The third-order valence-electron chi connectivity index (χ3n) is 5.39. The molecular weight excluding hydrogens is 382 g/mol. The molecule has 0 saturated carbocycles. The van der Waals surface area contributed by atoms with Crippen molar-refractivity contribution in [2.45, 2.75) is 25.0 Å². The Hall–Kier alpha value is -4.02. The van der Waals surface area contributed by atoms with Gasteiger partial charge in [0.05, 0.1) is 11.8 Å². The summed E-state index contributed by atoms with van der Waals surface area (Å²) in [4.78, 5) is 11.1. The van der Waals surface area contributed by atoms with Crippen LogP contribution >= 0.6 is 0 Å². The predicted molar refractivity (Wildman–Crippen MR) is 113 cm³/mol. The van der Waals surface area contributed by atoms with Crippen LogP contribution in [0.1, 0.15) is 35.6 Å². The van der Waals surface area contributed by atoms with Gasteiger partial charge < -0.3 is 26.8 Å². The highest BCUT2D eigenvalue weighted by Gasteiger charge is 2.32. The molecule has 2 aromatic rings.